The van der Waals surface area contributed by atoms with E-state index in [2.05, 4.69) is 21.2 Å². The Morgan fingerprint density at radius 2 is 1.90 bits per heavy atom. The Morgan fingerprint density at radius 1 is 1.14 bits per heavy atom. The highest BCUT2D eigenvalue weighted by Crippen LogP contribution is 2.25. The highest BCUT2D eigenvalue weighted by atomic mass is 79.9. The van der Waals surface area contributed by atoms with Gasteiger partial charge in [-0.15, -0.1) is 0 Å². The smallest absolute Gasteiger partial charge is 0.142 e. The first kappa shape index (κ1) is 16.4. The maximum Gasteiger partial charge on any atom is 0.142 e. The summed E-state index contributed by atoms with van der Waals surface area (Å²) in [6, 6.07) is 9.47. The molecule has 21 heavy (non-hydrogen) atoms. The van der Waals surface area contributed by atoms with Crippen LogP contribution in [0.5, 0.6) is 0 Å². The Balaban J connectivity index is 2.28. The van der Waals surface area contributed by atoms with Gasteiger partial charge in [-0.2, -0.15) is 0 Å². The van der Waals surface area contributed by atoms with E-state index < -0.39 is 5.82 Å². The molecule has 2 rings (SSSR count). The third-order valence-corrected chi connectivity index (χ3v) is 4.04. The summed E-state index contributed by atoms with van der Waals surface area (Å²) < 4.78 is 28.3. The van der Waals surface area contributed by atoms with Gasteiger partial charge in [-0.1, -0.05) is 46.6 Å². The SMILES string of the molecule is CCNC(Cc1ccc(Br)cc1F)c1ccc(Cl)c(F)c1. The topological polar surface area (TPSA) is 12.0 Å². The first-order chi connectivity index (χ1) is 10.0. The number of benzene rings is 2. The molecule has 5 heteroatoms. The fourth-order valence-corrected chi connectivity index (χ4v) is 2.64. The van der Waals surface area contributed by atoms with Gasteiger partial charge in [0.25, 0.3) is 0 Å². The predicted molar refractivity (Wildman–Crippen MR) is 85.6 cm³/mol. The molecule has 1 N–H and O–H groups in total. The molecule has 0 aromatic heterocycles. The number of halogens is 4. The van der Waals surface area contributed by atoms with Crippen LogP contribution in [0.4, 0.5) is 8.78 Å². The Kier molecular flexibility index (Phi) is 5.73. The molecule has 1 unspecified atom stereocenters. The third-order valence-electron chi connectivity index (χ3n) is 3.24. The van der Waals surface area contributed by atoms with Crippen molar-refractivity contribution in [3.05, 3.63) is 68.7 Å². The maximum absolute atomic E-state index is 14.0. The molecule has 0 saturated carbocycles. The van der Waals surface area contributed by atoms with Crippen LogP contribution in [0.3, 0.4) is 0 Å². The van der Waals surface area contributed by atoms with Gasteiger partial charge in [0.15, 0.2) is 0 Å². The van der Waals surface area contributed by atoms with E-state index in [4.69, 9.17) is 11.6 Å². The van der Waals surface area contributed by atoms with Gasteiger partial charge in [0.1, 0.15) is 11.6 Å². The van der Waals surface area contributed by atoms with Crippen LogP contribution in [-0.2, 0) is 6.42 Å². The monoisotopic (exact) mass is 373 g/mol. The van der Waals surface area contributed by atoms with Crippen LogP contribution in [0.1, 0.15) is 24.1 Å². The van der Waals surface area contributed by atoms with Crippen LogP contribution in [0.25, 0.3) is 0 Å². The summed E-state index contributed by atoms with van der Waals surface area (Å²) in [5, 5.41) is 3.33. The number of rotatable bonds is 5. The number of nitrogens with one attached hydrogen (secondary N) is 1. The summed E-state index contributed by atoms with van der Waals surface area (Å²) in [4.78, 5) is 0. The standard InChI is InChI=1S/C16H15BrClF2N/c1-2-21-16(11-4-6-13(18)15(20)7-11)8-10-3-5-12(17)9-14(10)19/h3-7,9,16,21H,2,8H2,1H3. The molecule has 112 valence electrons. The van der Waals surface area contributed by atoms with Crippen molar-refractivity contribution >= 4 is 27.5 Å². The molecule has 2 aromatic rings. The lowest BCUT2D eigenvalue weighted by molar-refractivity contribution is 0.523. The van der Waals surface area contributed by atoms with Crippen LogP contribution in [0, 0.1) is 11.6 Å². The largest absolute Gasteiger partial charge is 0.310 e. The summed E-state index contributed by atoms with van der Waals surface area (Å²) in [5.74, 6) is -0.741. The van der Waals surface area contributed by atoms with Gasteiger partial charge in [0.05, 0.1) is 5.02 Å². The van der Waals surface area contributed by atoms with Gasteiger partial charge in [-0.3, -0.25) is 0 Å². The maximum atomic E-state index is 14.0. The zero-order valence-corrected chi connectivity index (χ0v) is 13.8. The second-order valence-electron chi connectivity index (χ2n) is 4.72. The van der Waals surface area contributed by atoms with Gasteiger partial charge in [0, 0.05) is 10.5 Å². The third kappa shape index (κ3) is 4.25. The molecule has 0 saturated heterocycles. The molecule has 0 aliphatic rings. The second-order valence-corrected chi connectivity index (χ2v) is 6.05. The molecule has 0 aliphatic carbocycles. The Morgan fingerprint density at radius 3 is 2.52 bits per heavy atom. The first-order valence-electron chi connectivity index (χ1n) is 6.63. The van der Waals surface area contributed by atoms with Crippen LogP contribution >= 0.6 is 27.5 Å². The van der Waals surface area contributed by atoms with Crippen molar-refractivity contribution < 1.29 is 8.78 Å². The normalized spacial score (nSPS) is 12.4. The minimum absolute atomic E-state index is 0.0869. The summed E-state index contributed by atoms with van der Waals surface area (Å²) in [7, 11) is 0. The lowest BCUT2D eigenvalue weighted by Crippen LogP contribution is -2.23. The van der Waals surface area contributed by atoms with Crippen LogP contribution in [0.2, 0.25) is 5.02 Å². The predicted octanol–water partition coefficient (Wildman–Crippen LogP) is 5.27. The van der Waals surface area contributed by atoms with Gasteiger partial charge >= 0.3 is 0 Å². The zero-order valence-electron chi connectivity index (χ0n) is 11.5. The fraction of sp³-hybridized carbons (Fsp3) is 0.250. The van der Waals surface area contributed by atoms with Gasteiger partial charge in [-0.25, -0.2) is 8.78 Å². The van der Waals surface area contributed by atoms with Crippen molar-refractivity contribution in [3.8, 4) is 0 Å². The van der Waals surface area contributed by atoms with Gasteiger partial charge in [-0.05, 0) is 48.4 Å². The molecule has 0 bridgehead atoms. The van der Waals surface area contributed by atoms with Gasteiger partial charge < -0.3 is 5.32 Å². The second kappa shape index (κ2) is 7.34. The van der Waals surface area contributed by atoms with E-state index >= 15 is 0 Å². The van der Waals surface area contributed by atoms with Crippen molar-refractivity contribution in [2.45, 2.75) is 19.4 Å². The zero-order chi connectivity index (χ0) is 15.4. The van der Waals surface area contributed by atoms with Crippen LogP contribution < -0.4 is 5.32 Å². The summed E-state index contributed by atoms with van der Waals surface area (Å²) in [5.41, 5.74) is 1.33. The fourth-order valence-electron chi connectivity index (χ4n) is 2.19. The lowest BCUT2D eigenvalue weighted by atomic mass is 9.98. The lowest BCUT2D eigenvalue weighted by Gasteiger charge is -2.19. The van der Waals surface area contributed by atoms with E-state index in [1.165, 1.54) is 18.2 Å². The van der Waals surface area contributed by atoms with E-state index in [-0.39, 0.29) is 16.9 Å². The molecule has 0 spiro atoms. The minimum atomic E-state index is -0.464. The Bertz CT molecular complexity index is 634. The Labute approximate surface area is 136 Å². The molecule has 1 nitrogen and oxygen atoms in total. The van der Waals surface area contributed by atoms with E-state index in [0.29, 0.717) is 23.0 Å². The summed E-state index contributed by atoms with van der Waals surface area (Å²) in [6.45, 7) is 2.66. The number of hydrogen-bond donors (Lipinski definition) is 1. The summed E-state index contributed by atoms with van der Waals surface area (Å²) in [6.07, 6.45) is 0.439. The molecule has 0 heterocycles. The number of likely N-dealkylation sites (N-methyl/N-ethyl adjacent to an activating group) is 1. The quantitative estimate of drug-likeness (QED) is 0.751. The van der Waals surface area contributed by atoms with Crippen LogP contribution in [-0.4, -0.2) is 6.54 Å². The molecular weight excluding hydrogens is 360 g/mol. The number of hydrogen-bond acceptors (Lipinski definition) is 1. The van der Waals surface area contributed by atoms with Crippen molar-refractivity contribution in [3.63, 3.8) is 0 Å². The van der Waals surface area contributed by atoms with Crippen molar-refractivity contribution in [1.29, 1.82) is 0 Å². The molecule has 0 amide bonds. The molecule has 0 fully saturated rings. The average molecular weight is 375 g/mol. The highest BCUT2D eigenvalue weighted by Gasteiger charge is 2.15. The van der Waals surface area contributed by atoms with E-state index in [0.717, 1.165) is 5.56 Å². The molecule has 0 aliphatic heterocycles. The first-order valence-corrected chi connectivity index (χ1v) is 7.80. The van der Waals surface area contributed by atoms with E-state index in [1.807, 2.05) is 6.92 Å². The molecule has 0 radical (unpaired) electrons. The molecular formula is C16H15BrClF2N. The molecule has 2 aromatic carbocycles. The van der Waals surface area contributed by atoms with Gasteiger partial charge in [0.2, 0.25) is 0 Å². The van der Waals surface area contributed by atoms with Crippen molar-refractivity contribution in [2.75, 3.05) is 6.54 Å². The van der Waals surface area contributed by atoms with E-state index in [1.54, 1.807) is 18.2 Å². The van der Waals surface area contributed by atoms with E-state index in [9.17, 15) is 8.78 Å². The summed E-state index contributed by atoms with van der Waals surface area (Å²) >= 11 is 8.94. The van der Waals surface area contributed by atoms with Crippen molar-refractivity contribution in [2.24, 2.45) is 0 Å². The van der Waals surface area contributed by atoms with Crippen molar-refractivity contribution in [1.82, 2.24) is 5.32 Å². The Hall–Kier alpha value is -0.970. The highest BCUT2D eigenvalue weighted by molar-refractivity contribution is 9.10. The average Bonchev–Trinajstić information content (AvgIpc) is 2.44. The van der Waals surface area contributed by atoms with Crippen LogP contribution in [0.15, 0.2) is 40.9 Å². The molecule has 1 atom stereocenters. The minimum Gasteiger partial charge on any atom is -0.310 e.